The molecule has 0 spiro atoms. The first kappa shape index (κ1) is 24.8. The van der Waals surface area contributed by atoms with Gasteiger partial charge in [0.05, 0.1) is 7.11 Å². The van der Waals surface area contributed by atoms with Gasteiger partial charge in [0, 0.05) is 22.6 Å². The Bertz CT molecular complexity index is 890. The zero-order valence-corrected chi connectivity index (χ0v) is 19.7. The van der Waals surface area contributed by atoms with Gasteiger partial charge >= 0.3 is 0 Å². The molecule has 0 aliphatic rings. The molecule has 2 aromatic carbocycles. The van der Waals surface area contributed by atoms with Gasteiger partial charge in [0.1, 0.15) is 17.5 Å². The molecule has 0 saturated heterocycles. The molecular formula is C23H28Cl2N2O4. The molecule has 0 saturated carbocycles. The van der Waals surface area contributed by atoms with E-state index in [1.54, 1.807) is 56.5 Å². The molecule has 168 valence electrons. The summed E-state index contributed by atoms with van der Waals surface area (Å²) >= 11 is 12.3. The molecule has 0 aliphatic heterocycles. The van der Waals surface area contributed by atoms with Gasteiger partial charge < -0.3 is 19.7 Å². The molecule has 2 rings (SSSR count). The zero-order valence-electron chi connectivity index (χ0n) is 18.2. The van der Waals surface area contributed by atoms with Crippen LogP contribution in [0.1, 0.15) is 32.8 Å². The zero-order chi connectivity index (χ0) is 23.0. The van der Waals surface area contributed by atoms with Crippen molar-refractivity contribution in [3.63, 3.8) is 0 Å². The second kappa shape index (κ2) is 11.8. The highest BCUT2D eigenvalue weighted by molar-refractivity contribution is 6.35. The Morgan fingerprint density at radius 2 is 1.71 bits per heavy atom. The number of ether oxygens (including phenoxy) is 2. The van der Waals surface area contributed by atoms with E-state index in [1.807, 2.05) is 13.8 Å². The topological polar surface area (TPSA) is 67.9 Å². The van der Waals surface area contributed by atoms with Gasteiger partial charge in [0.25, 0.3) is 5.91 Å². The van der Waals surface area contributed by atoms with E-state index in [2.05, 4.69) is 5.32 Å². The van der Waals surface area contributed by atoms with Crippen LogP contribution >= 0.6 is 23.2 Å². The Hall–Kier alpha value is -2.44. The van der Waals surface area contributed by atoms with E-state index in [-0.39, 0.29) is 31.0 Å². The van der Waals surface area contributed by atoms with Crippen molar-refractivity contribution in [2.24, 2.45) is 0 Å². The van der Waals surface area contributed by atoms with Gasteiger partial charge in [-0.1, -0.05) is 36.2 Å². The molecule has 6 nitrogen and oxygen atoms in total. The summed E-state index contributed by atoms with van der Waals surface area (Å²) in [7, 11) is 1.57. The van der Waals surface area contributed by atoms with E-state index in [0.29, 0.717) is 27.1 Å². The summed E-state index contributed by atoms with van der Waals surface area (Å²) in [6, 6.07) is 11.3. The van der Waals surface area contributed by atoms with Gasteiger partial charge in [0.2, 0.25) is 5.91 Å². The van der Waals surface area contributed by atoms with Crippen LogP contribution in [-0.4, -0.2) is 42.5 Å². The van der Waals surface area contributed by atoms with Crippen LogP contribution < -0.4 is 14.8 Å². The molecule has 0 fully saturated rings. The average molecular weight is 467 g/mol. The molecule has 1 N–H and O–H groups in total. The van der Waals surface area contributed by atoms with E-state index < -0.39 is 6.04 Å². The number of rotatable bonds is 10. The number of amides is 2. The van der Waals surface area contributed by atoms with Gasteiger partial charge in [-0.15, -0.1) is 0 Å². The van der Waals surface area contributed by atoms with Crippen molar-refractivity contribution >= 4 is 35.0 Å². The highest BCUT2D eigenvalue weighted by Crippen LogP contribution is 2.23. The third-order valence-corrected chi connectivity index (χ3v) is 5.53. The van der Waals surface area contributed by atoms with E-state index in [4.69, 9.17) is 32.7 Å². The second-order valence-corrected chi connectivity index (χ2v) is 8.06. The Kier molecular flexibility index (Phi) is 9.46. The number of halogens is 2. The molecule has 2 aromatic rings. The SMILES string of the molecule is CCC(C)NC(=O)C(C)N(Cc1ccc(Cl)cc1Cl)C(=O)COc1ccc(OC)cc1. The van der Waals surface area contributed by atoms with Gasteiger partial charge in [-0.2, -0.15) is 0 Å². The summed E-state index contributed by atoms with van der Waals surface area (Å²) in [5.74, 6) is 0.634. The summed E-state index contributed by atoms with van der Waals surface area (Å²) in [4.78, 5) is 27.2. The molecule has 0 heterocycles. The lowest BCUT2D eigenvalue weighted by Gasteiger charge is -2.30. The van der Waals surface area contributed by atoms with E-state index >= 15 is 0 Å². The van der Waals surface area contributed by atoms with Gasteiger partial charge in [-0.25, -0.2) is 0 Å². The Morgan fingerprint density at radius 1 is 1.06 bits per heavy atom. The first-order valence-electron chi connectivity index (χ1n) is 10.1. The maximum Gasteiger partial charge on any atom is 0.261 e. The first-order chi connectivity index (χ1) is 14.7. The predicted octanol–water partition coefficient (Wildman–Crippen LogP) is 4.71. The molecule has 31 heavy (non-hydrogen) atoms. The largest absolute Gasteiger partial charge is 0.497 e. The molecule has 0 radical (unpaired) electrons. The molecule has 0 aromatic heterocycles. The summed E-state index contributed by atoms with van der Waals surface area (Å²) < 4.78 is 10.8. The Labute approximate surface area is 193 Å². The number of methoxy groups -OCH3 is 1. The van der Waals surface area contributed by atoms with Crippen LogP contribution in [0, 0.1) is 0 Å². The van der Waals surface area contributed by atoms with Crippen molar-refractivity contribution in [3.05, 3.63) is 58.1 Å². The number of hydrogen-bond donors (Lipinski definition) is 1. The normalized spacial score (nSPS) is 12.6. The van der Waals surface area contributed by atoms with Crippen LogP contribution in [0.5, 0.6) is 11.5 Å². The summed E-state index contributed by atoms with van der Waals surface area (Å²) in [5.41, 5.74) is 0.687. The molecule has 0 aliphatic carbocycles. The highest BCUT2D eigenvalue weighted by atomic mass is 35.5. The van der Waals surface area contributed by atoms with Crippen molar-refractivity contribution in [1.82, 2.24) is 10.2 Å². The summed E-state index contributed by atoms with van der Waals surface area (Å²) in [5, 5.41) is 3.84. The van der Waals surface area contributed by atoms with Crippen LogP contribution in [0.4, 0.5) is 0 Å². The molecule has 8 heteroatoms. The second-order valence-electron chi connectivity index (χ2n) is 7.22. The third-order valence-electron chi connectivity index (χ3n) is 4.95. The summed E-state index contributed by atoms with van der Waals surface area (Å²) in [6.45, 7) is 5.51. The van der Waals surface area contributed by atoms with E-state index in [0.717, 1.165) is 6.42 Å². The number of carbonyl (C=O) groups is 2. The van der Waals surface area contributed by atoms with Gasteiger partial charge in [-0.3, -0.25) is 9.59 Å². The third kappa shape index (κ3) is 7.33. The lowest BCUT2D eigenvalue weighted by molar-refractivity contribution is -0.142. The van der Waals surface area contributed by atoms with Crippen molar-refractivity contribution in [2.45, 2.75) is 45.8 Å². The molecule has 2 unspecified atom stereocenters. The van der Waals surface area contributed by atoms with Crippen LogP contribution in [0.15, 0.2) is 42.5 Å². The van der Waals surface area contributed by atoms with Gasteiger partial charge in [-0.05, 0) is 62.2 Å². The fourth-order valence-electron chi connectivity index (χ4n) is 2.78. The lowest BCUT2D eigenvalue weighted by atomic mass is 10.1. The van der Waals surface area contributed by atoms with Crippen molar-refractivity contribution in [2.75, 3.05) is 13.7 Å². The first-order valence-corrected chi connectivity index (χ1v) is 10.8. The standard InChI is InChI=1S/C23H28Cl2N2O4/c1-5-15(2)26-23(29)16(3)27(13-17-6-7-18(24)12-21(17)25)22(28)14-31-20-10-8-19(30-4)9-11-20/h6-12,15-16H,5,13-14H2,1-4H3,(H,26,29). The Morgan fingerprint density at radius 3 is 2.29 bits per heavy atom. The fraction of sp³-hybridized carbons (Fsp3) is 0.391. The number of carbonyl (C=O) groups excluding carboxylic acids is 2. The smallest absolute Gasteiger partial charge is 0.261 e. The minimum atomic E-state index is -0.715. The van der Waals surface area contributed by atoms with Crippen molar-refractivity contribution < 1.29 is 19.1 Å². The monoisotopic (exact) mass is 466 g/mol. The van der Waals surface area contributed by atoms with Crippen LogP contribution in [-0.2, 0) is 16.1 Å². The summed E-state index contributed by atoms with van der Waals surface area (Å²) in [6.07, 6.45) is 0.788. The number of benzene rings is 2. The lowest BCUT2D eigenvalue weighted by Crippen LogP contribution is -2.50. The predicted molar refractivity (Wildman–Crippen MR) is 123 cm³/mol. The molecule has 0 bridgehead atoms. The van der Waals surface area contributed by atoms with Crippen LogP contribution in [0.2, 0.25) is 10.0 Å². The average Bonchev–Trinajstić information content (AvgIpc) is 2.76. The van der Waals surface area contributed by atoms with Crippen molar-refractivity contribution in [1.29, 1.82) is 0 Å². The van der Waals surface area contributed by atoms with Gasteiger partial charge in [0.15, 0.2) is 6.61 Å². The number of hydrogen-bond acceptors (Lipinski definition) is 4. The fourth-order valence-corrected chi connectivity index (χ4v) is 3.25. The maximum absolute atomic E-state index is 13.1. The number of nitrogens with zero attached hydrogens (tertiary/aromatic N) is 1. The van der Waals surface area contributed by atoms with E-state index in [9.17, 15) is 9.59 Å². The van der Waals surface area contributed by atoms with Crippen molar-refractivity contribution in [3.8, 4) is 11.5 Å². The number of nitrogens with one attached hydrogen (secondary N) is 1. The van der Waals surface area contributed by atoms with E-state index in [1.165, 1.54) is 4.90 Å². The van der Waals surface area contributed by atoms with Crippen LogP contribution in [0.25, 0.3) is 0 Å². The minimum absolute atomic E-state index is 0.00145. The van der Waals surface area contributed by atoms with Crippen LogP contribution in [0.3, 0.4) is 0 Å². The minimum Gasteiger partial charge on any atom is -0.497 e. The quantitative estimate of drug-likeness (QED) is 0.550. The Balaban J connectivity index is 2.17. The molecular weight excluding hydrogens is 439 g/mol. The molecule has 2 amide bonds. The highest BCUT2D eigenvalue weighted by Gasteiger charge is 2.27. The molecule has 2 atom stereocenters. The maximum atomic E-state index is 13.1.